The first kappa shape index (κ1) is 19.6. The Morgan fingerprint density at radius 2 is 1.65 bits per heavy atom. The summed E-state index contributed by atoms with van der Waals surface area (Å²) in [6.07, 6.45) is 6.45. The van der Waals surface area contributed by atoms with Crippen LogP contribution in [0.1, 0.15) is 36.3 Å². The van der Waals surface area contributed by atoms with E-state index in [4.69, 9.17) is 0 Å². The summed E-state index contributed by atoms with van der Waals surface area (Å²) >= 11 is 0. The van der Waals surface area contributed by atoms with Crippen LogP contribution in [0, 0.1) is 13.8 Å². The number of aromatic nitrogens is 4. The van der Waals surface area contributed by atoms with Crippen LogP contribution in [-0.4, -0.2) is 13.9 Å². The third kappa shape index (κ3) is 3.25. The quantitative estimate of drug-likeness (QED) is 0.462. The van der Waals surface area contributed by atoms with Crippen molar-refractivity contribution in [3.05, 3.63) is 88.2 Å². The second-order valence-electron chi connectivity index (χ2n) is 8.54. The summed E-state index contributed by atoms with van der Waals surface area (Å²) in [5, 5.41) is 0. The first-order valence-corrected chi connectivity index (χ1v) is 11.1. The van der Waals surface area contributed by atoms with E-state index in [-0.39, 0.29) is 5.56 Å². The summed E-state index contributed by atoms with van der Waals surface area (Å²) in [6.45, 7) is 5.06. The highest BCUT2D eigenvalue weighted by molar-refractivity contribution is 5.59. The van der Waals surface area contributed by atoms with E-state index in [9.17, 15) is 4.79 Å². The van der Waals surface area contributed by atoms with Crippen LogP contribution in [0.4, 0.5) is 0 Å². The highest BCUT2D eigenvalue weighted by Gasteiger charge is 2.30. The summed E-state index contributed by atoms with van der Waals surface area (Å²) in [6, 6.07) is 18.6. The molecule has 5 heteroatoms. The van der Waals surface area contributed by atoms with Crippen LogP contribution in [0.15, 0.2) is 65.6 Å². The van der Waals surface area contributed by atoms with Crippen LogP contribution >= 0.6 is 0 Å². The average molecular weight is 414 g/mol. The van der Waals surface area contributed by atoms with E-state index >= 15 is 0 Å². The van der Waals surface area contributed by atoms with Gasteiger partial charge in [-0.3, -0.25) is 9.48 Å². The maximum atomic E-state index is 13.8. The molecule has 0 fully saturated rings. The zero-order valence-electron chi connectivity index (χ0n) is 18.5. The number of hydrogen-bond acceptors (Lipinski definition) is 1. The van der Waals surface area contributed by atoms with E-state index in [2.05, 4.69) is 65.2 Å². The Morgan fingerprint density at radius 1 is 0.903 bits per heavy atom. The molecule has 0 saturated carbocycles. The summed E-state index contributed by atoms with van der Waals surface area (Å²) < 4.78 is 8.37. The normalized spacial score (nSPS) is 13.8. The Kier molecular flexibility index (Phi) is 4.89. The topological polar surface area (TPSA) is 35.7 Å². The molecule has 0 spiro atoms. The first-order chi connectivity index (χ1) is 15.1. The molecular formula is C26H29N4O+. The van der Waals surface area contributed by atoms with Gasteiger partial charge in [-0.2, -0.15) is 4.57 Å². The smallest absolute Gasteiger partial charge is 0.278 e. The highest BCUT2D eigenvalue weighted by atomic mass is 16.1. The predicted octanol–water partition coefficient (Wildman–Crippen LogP) is 4.26. The zero-order chi connectivity index (χ0) is 21.5. The van der Waals surface area contributed by atoms with E-state index in [1.807, 2.05) is 35.0 Å². The monoisotopic (exact) mass is 413 g/mol. The van der Waals surface area contributed by atoms with Gasteiger partial charge in [0.25, 0.3) is 5.82 Å². The lowest BCUT2D eigenvalue weighted by molar-refractivity contribution is -0.603. The second kappa shape index (κ2) is 7.73. The summed E-state index contributed by atoms with van der Waals surface area (Å²) in [5.41, 5.74) is 6.41. The summed E-state index contributed by atoms with van der Waals surface area (Å²) in [4.78, 5) is 13.8. The van der Waals surface area contributed by atoms with E-state index < -0.39 is 0 Å². The zero-order valence-corrected chi connectivity index (χ0v) is 18.5. The first-order valence-electron chi connectivity index (χ1n) is 11.1. The number of benzene rings is 2. The predicted molar refractivity (Wildman–Crippen MR) is 123 cm³/mol. The van der Waals surface area contributed by atoms with Crippen molar-refractivity contribution in [3.8, 4) is 22.6 Å². The van der Waals surface area contributed by atoms with Crippen molar-refractivity contribution in [2.45, 2.75) is 46.1 Å². The minimum atomic E-state index is 0.0530. The van der Waals surface area contributed by atoms with Gasteiger partial charge in [0.1, 0.15) is 6.20 Å². The van der Waals surface area contributed by atoms with Gasteiger partial charge in [-0.05, 0) is 38.3 Å². The van der Waals surface area contributed by atoms with Crippen molar-refractivity contribution in [2.75, 3.05) is 0 Å². The van der Waals surface area contributed by atoms with Crippen LogP contribution in [0.3, 0.4) is 0 Å². The fourth-order valence-electron chi connectivity index (χ4n) is 4.71. The lowest BCUT2D eigenvalue weighted by Gasteiger charge is -2.11. The molecule has 2 aromatic carbocycles. The van der Waals surface area contributed by atoms with E-state index in [1.165, 1.54) is 12.0 Å². The van der Waals surface area contributed by atoms with Gasteiger partial charge in [0.2, 0.25) is 5.69 Å². The minimum Gasteiger partial charge on any atom is -0.278 e. The maximum absolute atomic E-state index is 13.8. The lowest BCUT2D eigenvalue weighted by atomic mass is 10.1. The molecule has 0 unspecified atom stereocenters. The molecule has 31 heavy (non-hydrogen) atoms. The molecule has 0 N–H and O–H groups in total. The van der Waals surface area contributed by atoms with Gasteiger partial charge in [-0.25, -0.2) is 9.25 Å². The average Bonchev–Trinajstić information content (AvgIpc) is 3.09. The second-order valence-corrected chi connectivity index (χ2v) is 8.54. The number of aryl methyl sites for hydroxylation is 1. The molecule has 158 valence electrons. The lowest BCUT2D eigenvalue weighted by Crippen LogP contribution is -2.39. The van der Waals surface area contributed by atoms with Gasteiger partial charge in [0, 0.05) is 19.0 Å². The third-order valence-corrected chi connectivity index (χ3v) is 6.54. The van der Waals surface area contributed by atoms with Gasteiger partial charge in [0.05, 0.1) is 18.4 Å². The molecule has 4 aromatic rings. The van der Waals surface area contributed by atoms with E-state index in [0.717, 1.165) is 60.0 Å². The van der Waals surface area contributed by atoms with Crippen LogP contribution in [0.2, 0.25) is 0 Å². The van der Waals surface area contributed by atoms with Crippen molar-refractivity contribution in [2.24, 2.45) is 7.05 Å². The Balaban J connectivity index is 1.75. The molecule has 5 nitrogen and oxygen atoms in total. The number of para-hydroxylation sites is 1. The Bertz CT molecular complexity index is 1290. The fraction of sp³-hybridized carbons (Fsp3) is 0.308. The number of hydrogen-bond donors (Lipinski definition) is 0. The van der Waals surface area contributed by atoms with Crippen molar-refractivity contribution in [1.82, 2.24) is 13.9 Å². The van der Waals surface area contributed by atoms with Crippen LogP contribution in [0.5, 0.6) is 0 Å². The number of nitrogens with zero attached hydrogens (tertiary/aromatic N) is 4. The van der Waals surface area contributed by atoms with E-state index in [0.29, 0.717) is 0 Å². The SMILES string of the molecule is Cc1ccc(-c2c[n+](-c3c4n(n(-c5ccccc5)c3=O)CCCCC4)c(C)n2C)cc1. The maximum Gasteiger partial charge on any atom is 0.319 e. The number of fused-ring (bicyclic) bond motifs is 1. The Morgan fingerprint density at radius 3 is 2.39 bits per heavy atom. The third-order valence-electron chi connectivity index (χ3n) is 6.54. The summed E-state index contributed by atoms with van der Waals surface area (Å²) in [5.74, 6) is 1.05. The number of rotatable bonds is 3. The largest absolute Gasteiger partial charge is 0.319 e. The molecule has 5 rings (SSSR count). The molecule has 0 saturated heterocycles. The molecule has 2 aromatic heterocycles. The Hall–Kier alpha value is -3.34. The van der Waals surface area contributed by atoms with Crippen LogP contribution in [-0.2, 0) is 20.0 Å². The van der Waals surface area contributed by atoms with Crippen molar-refractivity contribution in [3.63, 3.8) is 0 Å². The van der Waals surface area contributed by atoms with E-state index in [1.54, 1.807) is 0 Å². The molecular weight excluding hydrogens is 384 g/mol. The van der Waals surface area contributed by atoms with Crippen molar-refractivity contribution >= 4 is 0 Å². The standard InChI is InChI=1S/C26H29N4O/c1-19-13-15-21(16-14-19)24-18-28(20(2)27(24)3)25-23-12-8-5-9-17-29(23)30(26(25)31)22-10-6-4-7-11-22/h4,6-7,10-11,13-16,18H,5,8-9,12,17H2,1-3H3/q+1. The molecule has 0 bridgehead atoms. The van der Waals surface area contributed by atoms with Gasteiger partial charge in [-0.15, -0.1) is 0 Å². The number of imidazole rings is 1. The molecule has 1 aliphatic rings. The van der Waals surface area contributed by atoms with Gasteiger partial charge in [-0.1, -0.05) is 54.4 Å². The Labute approximate surface area is 182 Å². The molecule has 1 aliphatic heterocycles. The molecule has 0 radical (unpaired) electrons. The molecule has 0 amide bonds. The van der Waals surface area contributed by atoms with Crippen LogP contribution in [0.25, 0.3) is 22.6 Å². The van der Waals surface area contributed by atoms with Crippen LogP contribution < -0.4 is 10.1 Å². The van der Waals surface area contributed by atoms with Crippen molar-refractivity contribution < 1.29 is 4.57 Å². The minimum absolute atomic E-state index is 0.0530. The van der Waals surface area contributed by atoms with Crippen molar-refractivity contribution in [1.29, 1.82) is 0 Å². The van der Waals surface area contributed by atoms with Gasteiger partial charge in [0.15, 0.2) is 5.69 Å². The summed E-state index contributed by atoms with van der Waals surface area (Å²) in [7, 11) is 2.07. The molecule has 3 heterocycles. The highest BCUT2D eigenvalue weighted by Crippen LogP contribution is 2.23. The molecule has 0 atom stereocenters. The van der Waals surface area contributed by atoms with Gasteiger partial charge >= 0.3 is 5.56 Å². The van der Waals surface area contributed by atoms with Gasteiger partial charge < -0.3 is 0 Å². The molecule has 0 aliphatic carbocycles. The fourth-order valence-corrected chi connectivity index (χ4v) is 4.71.